The predicted octanol–water partition coefficient (Wildman–Crippen LogP) is 2.12. The van der Waals surface area contributed by atoms with Gasteiger partial charge in [-0.05, 0) is 24.3 Å². The van der Waals surface area contributed by atoms with Gasteiger partial charge in [0.25, 0.3) is 0 Å². The molecular formula is C15H14N2O2. The summed E-state index contributed by atoms with van der Waals surface area (Å²) in [7, 11) is 0. The highest BCUT2D eigenvalue weighted by atomic mass is 16.2. The van der Waals surface area contributed by atoms with Crippen LogP contribution in [-0.4, -0.2) is 11.8 Å². The molecule has 0 atom stereocenters. The van der Waals surface area contributed by atoms with Crippen molar-refractivity contribution in [1.82, 2.24) is 5.32 Å². The summed E-state index contributed by atoms with van der Waals surface area (Å²) in [5, 5.41) is 2.65. The molecule has 4 heteroatoms. The minimum Gasteiger partial charge on any atom is -0.324 e. The zero-order chi connectivity index (χ0) is 13.8. The number of rotatable bonds is 3. The molecular weight excluding hydrogens is 240 g/mol. The molecule has 2 amide bonds. The lowest BCUT2D eigenvalue weighted by Crippen LogP contribution is -2.29. The Morgan fingerprint density at radius 2 is 1.79 bits per heavy atom. The van der Waals surface area contributed by atoms with E-state index in [0.717, 1.165) is 0 Å². The van der Waals surface area contributed by atoms with Gasteiger partial charge in [0, 0.05) is 5.69 Å². The van der Waals surface area contributed by atoms with E-state index in [4.69, 9.17) is 0 Å². The third-order valence-corrected chi connectivity index (χ3v) is 2.76. The highest BCUT2D eigenvalue weighted by Crippen LogP contribution is 2.24. The van der Waals surface area contributed by atoms with Crippen molar-refractivity contribution in [1.29, 1.82) is 0 Å². The fourth-order valence-electron chi connectivity index (χ4n) is 1.95. The molecule has 0 saturated carbocycles. The maximum absolute atomic E-state index is 12.2. The van der Waals surface area contributed by atoms with Crippen molar-refractivity contribution in [2.45, 2.75) is 6.42 Å². The fourth-order valence-corrected chi connectivity index (χ4v) is 1.95. The zero-order valence-electron chi connectivity index (χ0n) is 10.4. The average Bonchev–Trinajstić information content (AvgIpc) is 2.54. The van der Waals surface area contributed by atoms with Gasteiger partial charge in [-0.1, -0.05) is 31.4 Å². The van der Waals surface area contributed by atoms with E-state index in [9.17, 15) is 9.59 Å². The Morgan fingerprint density at radius 3 is 2.37 bits per heavy atom. The number of carbonyl (C=O) groups excluding carboxylic acids is 2. The number of hydrogen-bond acceptors (Lipinski definition) is 2. The van der Waals surface area contributed by atoms with Gasteiger partial charge in [-0.2, -0.15) is 0 Å². The van der Waals surface area contributed by atoms with Crippen LogP contribution in [0.25, 0.3) is 0 Å². The molecule has 1 aliphatic heterocycles. The van der Waals surface area contributed by atoms with Crippen LogP contribution in [0.5, 0.6) is 0 Å². The molecule has 2 rings (SSSR count). The topological polar surface area (TPSA) is 49.4 Å². The molecule has 0 aliphatic carbocycles. The number of anilines is 1. The fraction of sp³-hybridized carbons (Fsp3) is 0.0667. The third-order valence-electron chi connectivity index (χ3n) is 2.76. The van der Waals surface area contributed by atoms with Crippen LogP contribution in [0.15, 0.2) is 67.0 Å². The molecule has 0 aromatic heterocycles. The smallest absolute Gasteiger partial charge is 0.241 e. The van der Waals surface area contributed by atoms with E-state index >= 15 is 0 Å². The lowest BCUT2D eigenvalue weighted by Gasteiger charge is -2.22. The molecule has 1 N–H and O–H groups in total. The van der Waals surface area contributed by atoms with Gasteiger partial charge in [-0.3, -0.25) is 14.5 Å². The van der Waals surface area contributed by atoms with Crippen LogP contribution in [0, 0.1) is 0 Å². The number of carbonyl (C=O) groups is 2. The molecule has 1 heterocycles. The Hall–Kier alpha value is -2.62. The van der Waals surface area contributed by atoms with Gasteiger partial charge in [0.1, 0.15) is 6.42 Å². The van der Waals surface area contributed by atoms with Crippen LogP contribution in [0.2, 0.25) is 0 Å². The van der Waals surface area contributed by atoms with Crippen molar-refractivity contribution in [3.8, 4) is 0 Å². The number of para-hydroxylation sites is 1. The van der Waals surface area contributed by atoms with Gasteiger partial charge in [0.15, 0.2) is 0 Å². The number of benzene rings is 1. The van der Waals surface area contributed by atoms with Gasteiger partial charge in [-0.15, -0.1) is 0 Å². The summed E-state index contributed by atoms with van der Waals surface area (Å²) in [4.78, 5) is 25.3. The summed E-state index contributed by atoms with van der Waals surface area (Å²) >= 11 is 0. The zero-order valence-corrected chi connectivity index (χ0v) is 10.4. The summed E-state index contributed by atoms with van der Waals surface area (Å²) in [5.74, 6) is -0.645. The van der Waals surface area contributed by atoms with Crippen molar-refractivity contribution >= 4 is 17.5 Å². The number of amides is 2. The van der Waals surface area contributed by atoms with Crippen molar-refractivity contribution in [2.24, 2.45) is 0 Å². The number of nitrogens with one attached hydrogen (secondary N) is 1. The molecule has 0 spiro atoms. The summed E-state index contributed by atoms with van der Waals surface area (Å²) in [6.45, 7) is 7.36. The standard InChI is InChI=1S/C15H14N2O2/c1-3-12-13(4-2)17(11-8-6-5-7-9-11)15(19)10-14(18)16-12/h3-9H,1-2,10H2,(H,16,18). The van der Waals surface area contributed by atoms with E-state index in [1.165, 1.54) is 17.1 Å². The van der Waals surface area contributed by atoms with Gasteiger partial charge in [0.2, 0.25) is 11.8 Å². The molecule has 4 nitrogen and oxygen atoms in total. The highest BCUT2D eigenvalue weighted by molar-refractivity contribution is 6.09. The van der Waals surface area contributed by atoms with Crippen LogP contribution < -0.4 is 10.2 Å². The summed E-state index contributed by atoms with van der Waals surface area (Å²) in [5.41, 5.74) is 1.70. The first-order valence-corrected chi connectivity index (χ1v) is 5.84. The van der Waals surface area contributed by atoms with Crippen LogP contribution in [0.3, 0.4) is 0 Å². The van der Waals surface area contributed by atoms with Crippen LogP contribution >= 0.6 is 0 Å². The number of allylic oxidation sites excluding steroid dienone is 2. The van der Waals surface area contributed by atoms with E-state index in [-0.39, 0.29) is 18.2 Å². The second-order valence-corrected chi connectivity index (χ2v) is 4.00. The number of hydrogen-bond donors (Lipinski definition) is 1. The summed E-state index contributed by atoms with van der Waals surface area (Å²) < 4.78 is 0. The molecule has 1 aromatic rings. The summed E-state index contributed by atoms with van der Waals surface area (Å²) in [6, 6.07) is 9.13. The molecule has 0 bridgehead atoms. The lowest BCUT2D eigenvalue weighted by molar-refractivity contribution is -0.126. The third kappa shape index (κ3) is 2.47. The Balaban J connectivity index is 2.59. The minimum absolute atomic E-state index is 0.205. The van der Waals surface area contributed by atoms with Gasteiger partial charge in [-0.25, -0.2) is 0 Å². The maximum Gasteiger partial charge on any atom is 0.241 e. The molecule has 19 heavy (non-hydrogen) atoms. The molecule has 0 unspecified atom stereocenters. The Labute approximate surface area is 111 Å². The van der Waals surface area contributed by atoms with E-state index in [2.05, 4.69) is 18.5 Å². The molecule has 0 radical (unpaired) electrons. The highest BCUT2D eigenvalue weighted by Gasteiger charge is 2.27. The van der Waals surface area contributed by atoms with Crippen molar-refractivity contribution in [3.05, 3.63) is 67.0 Å². The monoisotopic (exact) mass is 254 g/mol. The van der Waals surface area contributed by atoms with E-state index in [0.29, 0.717) is 17.1 Å². The normalized spacial score (nSPS) is 15.9. The second kappa shape index (κ2) is 5.35. The Bertz CT molecular complexity index is 573. The molecule has 0 fully saturated rings. The first-order chi connectivity index (χ1) is 9.17. The largest absolute Gasteiger partial charge is 0.324 e. The van der Waals surface area contributed by atoms with Crippen molar-refractivity contribution in [3.63, 3.8) is 0 Å². The minimum atomic E-state index is -0.349. The van der Waals surface area contributed by atoms with E-state index in [1.807, 2.05) is 18.2 Å². The number of nitrogens with zero attached hydrogens (tertiary/aromatic N) is 1. The lowest BCUT2D eigenvalue weighted by atomic mass is 10.2. The van der Waals surface area contributed by atoms with Crippen molar-refractivity contribution in [2.75, 3.05) is 4.90 Å². The Kier molecular flexibility index (Phi) is 3.61. The predicted molar refractivity (Wildman–Crippen MR) is 74.1 cm³/mol. The first kappa shape index (κ1) is 12.8. The van der Waals surface area contributed by atoms with Gasteiger partial charge < -0.3 is 5.32 Å². The maximum atomic E-state index is 12.2. The van der Waals surface area contributed by atoms with E-state index in [1.54, 1.807) is 12.1 Å². The van der Waals surface area contributed by atoms with Crippen LogP contribution in [-0.2, 0) is 9.59 Å². The average molecular weight is 254 g/mol. The van der Waals surface area contributed by atoms with E-state index < -0.39 is 0 Å². The van der Waals surface area contributed by atoms with Crippen LogP contribution in [0.1, 0.15) is 6.42 Å². The molecule has 0 saturated heterocycles. The van der Waals surface area contributed by atoms with Gasteiger partial charge in [0.05, 0.1) is 11.4 Å². The first-order valence-electron chi connectivity index (χ1n) is 5.84. The second-order valence-electron chi connectivity index (χ2n) is 4.00. The quantitative estimate of drug-likeness (QED) is 0.840. The molecule has 1 aromatic carbocycles. The van der Waals surface area contributed by atoms with Crippen molar-refractivity contribution < 1.29 is 9.59 Å². The molecule has 1 aliphatic rings. The van der Waals surface area contributed by atoms with Crippen LogP contribution in [0.4, 0.5) is 5.69 Å². The molecule has 96 valence electrons. The SMILES string of the molecule is C=CC1=C(C=C)N(c2ccccc2)C(=O)CC(=O)N1. The summed E-state index contributed by atoms with van der Waals surface area (Å²) in [6.07, 6.45) is 2.83. The van der Waals surface area contributed by atoms with Gasteiger partial charge >= 0.3 is 0 Å². The Morgan fingerprint density at radius 1 is 1.11 bits per heavy atom.